The number of fused-ring (bicyclic) bond motifs is 1. The Morgan fingerprint density at radius 3 is 2.65 bits per heavy atom. The molecule has 1 saturated heterocycles. The number of carbonyl (C=O) groups excluding carboxylic acids is 1. The maximum Gasteiger partial charge on any atom is 0.259 e. The molecule has 4 aromatic rings. The molecular formula is C25H22N2O4. The number of anilines is 1. The first-order chi connectivity index (χ1) is 15.3. The Hall–Kier alpha value is -3.64. The molecule has 31 heavy (non-hydrogen) atoms. The van der Waals surface area contributed by atoms with Crippen molar-refractivity contribution in [1.29, 1.82) is 0 Å². The van der Waals surface area contributed by atoms with Crippen molar-refractivity contribution in [1.82, 2.24) is 4.98 Å². The van der Waals surface area contributed by atoms with E-state index in [1.54, 1.807) is 12.1 Å². The third-order valence-electron chi connectivity index (χ3n) is 5.26. The van der Waals surface area contributed by atoms with Gasteiger partial charge in [-0.25, -0.2) is 4.98 Å². The quantitative estimate of drug-likeness (QED) is 0.463. The Kier molecular flexibility index (Phi) is 5.37. The van der Waals surface area contributed by atoms with Gasteiger partial charge in [0.15, 0.2) is 5.58 Å². The van der Waals surface area contributed by atoms with Gasteiger partial charge in [0.2, 0.25) is 5.89 Å². The van der Waals surface area contributed by atoms with Crippen LogP contribution >= 0.6 is 0 Å². The molecule has 0 radical (unpaired) electrons. The van der Waals surface area contributed by atoms with E-state index in [-0.39, 0.29) is 12.0 Å². The van der Waals surface area contributed by atoms with Gasteiger partial charge in [0, 0.05) is 17.9 Å². The zero-order valence-electron chi connectivity index (χ0n) is 16.9. The van der Waals surface area contributed by atoms with Crippen molar-refractivity contribution < 1.29 is 18.7 Å². The van der Waals surface area contributed by atoms with Gasteiger partial charge >= 0.3 is 0 Å². The van der Waals surface area contributed by atoms with Gasteiger partial charge in [-0.1, -0.05) is 24.3 Å². The summed E-state index contributed by atoms with van der Waals surface area (Å²) >= 11 is 0. The summed E-state index contributed by atoms with van der Waals surface area (Å²) in [6, 6.07) is 22.3. The number of ether oxygens (including phenoxy) is 2. The molecule has 1 aromatic heterocycles. The summed E-state index contributed by atoms with van der Waals surface area (Å²) in [5, 5.41) is 2.93. The van der Waals surface area contributed by atoms with Gasteiger partial charge in [-0.2, -0.15) is 0 Å². The van der Waals surface area contributed by atoms with Crippen LogP contribution in [0.15, 0.2) is 77.2 Å². The van der Waals surface area contributed by atoms with Gasteiger partial charge in [0.25, 0.3) is 5.91 Å². The van der Waals surface area contributed by atoms with Crippen molar-refractivity contribution in [2.45, 2.75) is 18.9 Å². The van der Waals surface area contributed by atoms with E-state index in [4.69, 9.17) is 13.9 Å². The molecular weight excluding hydrogens is 392 g/mol. The van der Waals surface area contributed by atoms with Crippen molar-refractivity contribution >= 4 is 22.7 Å². The lowest BCUT2D eigenvalue weighted by Gasteiger charge is -2.14. The van der Waals surface area contributed by atoms with Crippen LogP contribution in [-0.4, -0.2) is 30.2 Å². The molecule has 3 aromatic carbocycles. The van der Waals surface area contributed by atoms with Crippen LogP contribution in [0.4, 0.5) is 5.69 Å². The molecule has 0 aliphatic carbocycles. The van der Waals surface area contributed by atoms with Gasteiger partial charge < -0.3 is 19.2 Å². The standard InChI is InChI=1S/C25H22N2O4/c28-24(20-7-1-3-9-22(20)30-16-19-6-5-15-29-19)26-18-13-11-17(12-14-18)25-27-21-8-2-4-10-23(21)31-25/h1-4,7-14,19H,5-6,15-16H2,(H,26,28)/t19-/m0/s1. The first-order valence-electron chi connectivity index (χ1n) is 10.4. The Balaban J connectivity index is 1.28. The number of para-hydroxylation sites is 3. The highest BCUT2D eigenvalue weighted by Gasteiger charge is 2.18. The van der Waals surface area contributed by atoms with E-state index in [1.807, 2.05) is 60.7 Å². The average Bonchev–Trinajstić information content (AvgIpc) is 3.48. The number of nitrogens with one attached hydrogen (secondary N) is 1. The van der Waals surface area contributed by atoms with Crippen LogP contribution in [0.3, 0.4) is 0 Å². The van der Waals surface area contributed by atoms with Crippen LogP contribution in [-0.2, 0) is 4.74 Å². The second kappa shape index (κ2) is 8.62. The van der Waals surface area contributed by atoms with E-state index in [0.717, 1.165) is 36.1 Å². The normalized spacial score (nSPS) is 15.8. The largest absolute Gasteiger partial charge is 0.490 e. The second-order valence-electron chi connectivity index (χ2n) is 7.46. The van der Waals surface area contributed by atoms with Crippen LogP contribution < -0.4 is 10.1 Å². The Morgan fingerprint density at radius 2 is 1.84 bits per heavy atom. The molecule has 1 N–H and O–H groups in total. The zero-order chi connectivity index (χ0) is 21.0. The van der Waals surface area contributed by atoms with Crippen LogP contribution in [0.2, 0.25) is 0 Å². The molecule has 1 fully saturated rings. The molecule has 1 amide bonds. The summed E-state index contributed by atoms with van der Waals surface area (Å²) < 4.78 is 17.3. The second-order valence-corrected chi connectivity index (χ2v) is 7.46. The minimum atomic E-state index is -0.224. The number of carbonyl (C=O) groups is 1. The summed E-state index contributed by atoms with van der Waals surface area (Å²) in [6.07, 6.45) is 2.13. The summed E-state index contributed by atoms with van der Waals surface area (Å²) in [5.74, 6) is 0.878. The summed E-state index contributed by atoms with van der Waals surface area (Å²) in [7, 11) is 0. The van der Waals surface area contributed by atoms with Gasteiger partial charge in [-0.3, -0.25) is 4.79 Å². The number of aromatic nitrogens is 1. The summed E-state index contributed by atoms with van der Waals surface area (Å²) in [4.78, 5) is 17.4. The van der Waals surface area contributed by atoms with Gasteiger partial charge in [0.05, 0.1) is 11.7 Å². The van der Waals surface area contributed by atoms with E-state index in [9.17, 15) is 4.79 Å². The number of amides is 1. The molecule has 2 heterocycles. The van der Waals surface area contributed by atoms with Crippen molar-refractivity contribution in [3.8, 4) is 17.2 Å². The summed E-state index contributed by atoms with van der Waals surface area (Å²) in [5.41, 5.74) is 3.57. The minimum absolute atomic E-state index is 0.0931. The fourth-order valence-corrected chi connectivity index (χ4v) is 3.63. The van der Waals surface area contributed by atoms with E-state index >= 15 is 0 Å². The van der Waals surface area contributed by atoms with Crippen LogP contribution in [0.25, 0.3) is 22.6 Å². The molecule has 6 heteroatoms. The number of hydrogen-bond donors (Lipinski definition) is 1. The molecule has 0 saturated carbocycles. The predicted octanol–water partition coefficient (Wildman–Crippen LogP) is 5.30. The number of oxazole rings is 1. The third-order valence-corrected chi connectivity index (χ3v) is 5.26. The molecule has 0 spiro atoms. The fraction of sp³-hybridized carbons (Fsp3) is 0.200. The first-order valence-corrected chi connectivity index (χ1v) is 10.4. The third kappa shape index (κ3) is 4.29. The lowest BCUT2D eigenvalue weighted by molar-refractivity contribution is 0.0673. The van der Waals surface area contributed by atoms with Crippen molar-refractivity contribution in [3.63, 3.8) is 0 Å². The smallest absolute Gasteiger partial charge is 0.259 e. The number of benzene rings is 3. The summed E-state index contributed by atoms with van der Waals surface area (Å²) in [6.45, 7) is 1.22. The lowest BCUT2D eigenvalue weighted by atomic mass is 10.1. The van der Waals surface area contributed by atoms with Crippen molar-refractivity contribution in [2.24, 2.45) is 0 Å². The number of hydrogen-bond acceptors (Lipinski definition) is 5. The Bertz CT molecular complexity index is 1160. The maximum absolute atomic E-state index is 12.9. The van der Waals surface area contributed by atoms with Gasteiger partial charge in [-0.15, -0.1) is 0 Å². The molecule has 1 aliphatic rings. The molecule has 1 atom stereocenters. The van der Waals surface area contributed by atoms with E-state index in [0.29, 0.717) is 29.5 Å². The van der Waals surface area contributed by atoms with E-state index in [2.05, 4.69) is 10.3 Å². The average molecular weight is 414 g/mol. The number of rotatable bonds is 6. The van der Waals surface area contributed by atoms with Crippen LogP contribution in [0.5, 0.6) is 5.75 Å². The molecule has 6 nitrogen and oxygen atoms in total. The Labute approximate surface area is 179 Å². The number of nitrogens with zero attached hydrogens (tertiary/aromatic N) is 1. The van der Waals surface area contributed by atoms with Crippen molar-refractivity contribution in [3.05, 3.63) is 78.4 Å². The van der Waals surface area contributed by atoms with Gasteiger partial charge in [0.1, 0.15) is 17.9 Å². The first kappa shape index (κ1) is 19.3. The van der Waals surface area contributed by atoms with Crippen LogP contribution in [0, 0.1) is 0 Å². The molecule has 5 rings (SSSR count). The van der Waals surface area contributed by atoms with Crippen molar-refractivity contribution in [2.75, 3.05) is 18.5 Å². The Morgan fingerprint density at radius 1 is 1.03 bits per heavy atom. The van der Waals surface area contributed by atoms with E-state index in [1.165, 1.54) is 0 Å². The molecule has 156 valence electrons. The minimum Gasteiger partial charge on any atom is -0.490 e. The van der Waals surface area contributed by atoms with E-state index < -0.39 is 0 Å². The maximum atomic E-state index is 12.9. The molecule has 0 bridgehead atoms. The van der Waals surface area contributed by atoms with Crippen LogP contribution in [0.1, 0.15) is 23.2 Å². The predicted molar refractivity (Wildman–Crippen MR) is 118 cm³/mol. The highest BCUT2D eigenvalue weighted by atomic mass is 16.5. The lowest BCUT2D eigenvalue weighted by Crippen LogP contribution is -2.19. The zero-order valence-corrected chi connectivity index (χ0v) is 16.9. The van der Waals surface area contributed by atoms with Gasteiger partial charge in [-0.05, 0) is 61.4 Å². The fourth-order valence-electron chi connectivity index (χ4n) is 3.63. The molecule has 0 unspecified atom stereocenters. The topological polar surface area (TPSA) is 73.6 Å². The highest BCUT2D eigenvalue weighted by Crippen LogP contribution is 2.26. The monoisotopic (exact) mass is 414 g/mol. The highest BCUT2D eigenvalue weighted by molar-refractivity contribution is 6.06. The SMILES string of the molecule is O=C(Nc1ccc(-c2nc3ccccc3o2)cc1)c1ccccc1OC[C@@H]1CCCO1. The molecule has 1 aliphatic heterocycles.